The number of carboxylic acid groups (broad SMARTS) is 2. The Labute approximate surface area is 249 Å². The lowest BCUT2D eigenvalue weighted by Crippen LogP contribution is -2.48. The Bertz CT molecular complexity index is 1950. The number of nitrogen functional groups attached to an aromatic ring is 1. The van der Waals surface area contributed by atoms with E-state index >= 15 is 0 Å². The van der Waals surface area contributed by atoms with Crippen LogP contribution in [0.3, 0.4) is 0 Å². The van der Waals surface area contributed by atoms with Crippen LogP contribution in [0.1, 0.15) is 25.0 Å². The number of nitrogens with two attached hydrogens (primary N) is 2. The van der Waals surface area contributed by atoms with Crippen molar-refractivity contribution in [2.45, 2.75) is 24.2 Å². The highest BCUT2D eigenvalue weighted by Crippen LogP contribution is 2.49. The molecule has 4 aromatic rings. The molecule has 0 aliphatic carbocycles. The Morgan fingerprint density at radius 2 is 1.61 bits per heavy atom. The number of H-pyrrole nitrogens is 1. The third kappa shape index (κ3) is 5.88. The summed E-state index contributed by atoms with van der Waals surface area (Å²) in [6.45, 7) is 0.448. The Hall–Kier alpha value is -5.48. The zero-order valence-corrected chi connectivity index (χ0v) is 24.1. The van der Waals surface area contributed by atoms with E-state index in [0.717, 1.165) is 6.07 Å². The number of nitrogens with one attached hydrogen (secondary N) is 2. The second-order valence-corrected chi connectivity index (χ2v) is 11.9. The molecule has 0 bridgehead atoms. The van der Waals surface area contributed by atoms with Crippen molar-refractivity contribution in [3.05, 3.63) is 59.7 Å². The molecule has 0 spiro atoms. The van der Waals surface area contributed by atoms with E-state index in [9.17, 15) is 43.2 Å². The molecule has 0 atom stereocenters. The minimum atomic E-state index is -4.82. The maximum atomic E-state index is 13.8. The van der Waals surface area contributed by atoms with Gasteiger partial charge in [-0.2, -0.15) is 0 Å². The first-order chi connectivity index (χ1) is 20.4. The number of carboxylic acids is 2. The summed E-state index contributed by atoms with van der Waals surface area (Å²) in [4.78, 5) is 44.0. The largest absolute Gasteiger partial charge is 0.507 e. The number of para-hydroxylation sites is 1. The smallest absolute Gasteiger partial charge is 0.323 e. The van der Waals surface area contributed by atoms with Crippen LogP contribution in [0.5, 0.6) is 11.5 Å². The summed E-state index contributed by atoms with van der Waals surface area (Å²) in [5.41, 5.74) is 3.58. The number of nitrogens with zero attached hydrogens (tertiary/aromatic N) is 2. The fourth-order valence-electron chi connectivity index (χ4n) is 4.87. The van der Waals surface area contributed by atoms with E-state index in [1.807, 2.05) is 0 Å². The number of phenols is 2. The summed E-state index contributed by atoms with van der Waals surface area (Å²) in [5, 5.41) is 54.4. The number of fused-ring (bicyclic) bond motifs is 1. The van der Waals surface area contributed by atoms with Crippen LogP contribution in [0, 0.1) is 5.41 Å². The van der Waals surface area contributed by atoms with Gasteiger partial charge < -0.3 is 36.0 Å². The van der Waals surface area contributed by atoms with Crippen molar-refractivity contribution in [2.24, 2.45) is 10.9 Å². The second kappa shape index (κ2) is 11.3. The number of hydrogen-bond acceptors (Lipinski definition) is 9. The van der Waals surface area contributed by atoms with Gasteiger partial charge in [-0.25, -0.2) is 18.5 Å². The first-order valence-electron chi connectivity index (χ1n) is 12.7. The van der Waals surface area contributed by atoms with Crippen molar-refractivity contribution in [1.29, 1.82) is 5.41 Å². The molecule has 0 saturated carbocycles. The topological polar surface area (TPSA) is 274 Å². The lowest BCUT2D eigenvalue weighted by molar-refractivity contribution is -0.151. The number of aliphatic carboxylic acids is 2. The first-order valence-corrected chi connectivity index (χ1v) is 14.3. The molecular formula is C28H28N6O9S. The van der Waals surface area contributed by atoms with Crippen molar-refractivity contribution < 1.29 is 43.2 Å². The number of benzene rings is 3. The molecule has 1 heterocycles. The van der Waals surface area contributed by atoms with Crippen molar-refractivity contribution >= 4 is 44.7 Å². The van der Waals surface area contributed by atoms with E-state index < -0.39 is 68.3 Å². The molecule has 15 nitrogen and oxygen atoms in total. The Morgan fingerprint density at radius 3 is 2.16 bits per heavy atom. The molecule has 3 aromatic carbocycles. The van der Waals surface area contributed by atoms with E-state index in [-0.39, 0.29) is 28.4 Å². The number of aromatic amines is 1. The first kappa shape index (κ1) is 31.5. The molecule has 4 rings (SSSR count). The minimum Gasteiger partial charge on any atom is -0.507 e. The van der Waals surface area contributed by atoms with Crippen molar-refractivity contribution in [2.75, 3.05) is 13.1 Å². The number of amides is 1. The van der Waals surface area contributed by atoms with Crippen molar-refractivity contribution in [3.63, 3.8) is 0 Å². The van der Waals surface area contributed by atoms with Crippen LogP contribution in [-0.4, -0.2) is 80.5 Å². The molecule has 0 unspecified atom stereocenters. The highest BCUT2D eigenvalue weighted by Gasteiger charge is 2.42. The molecule has 0 radical (unpaired) electrons. The van der Waals surface area contributed by atoms with Crippen LogP contribution >= 0.6 is 0 Å². The van der Waals surface area contributed by atoms with Gasteiger partial charge in [0.15, 0.2) is 0 Å². The molecule has 10 N–H and O–H groups in total. The fourth-order valence-corrected chi connectivity index (χ4v) is 5.98. The summed E-state index contributed by atoms with van der Waals surface area (Å²) in [5.74, 6) is -5.50. The van der Waals surface area contributed by atoms with Gasteiger partial charge in [0.1, 0.15) is 36.2 Å². The second-order valence-electron chi connectivity index (χ2n) is 10.4. The summed E-state index contributed by atoms with van der Waals surface area (Å²) >= 11 is 0. The quantitative estimate of drug-likeness (QED) is 0.0925. The number of aromatic hydroxyl groups is 2. The molecule has 0 saturated heterocycles. The number of phenolic OH excluding ortho intramolecular Hbond substituents is 2. The molecule has 16 heteroatoms. The van der Waals surface area contributed by atoms with E-state index in [1.165, 1.54) is 44.2 Å². The van der Waals surface area contributed by atoms with Crippen LogP contribution in [0.4, 0.5) is 0 Å². The fraction of sp³-hybridized carbons (Fsp3) is 0.179. The van der Waals surface area contributed by atoms with Gasteiger partial charge in [-0.1, -0.05) is 18.2 Å². The average molecular weight is 625 g/mol. The molecule has 0 aliphatic heterocycles. The van der Waals surface area contributed by atoms with Gasteiger partial charge in [-0.3, -0.25) is 19.8 Å². The number of carbonyl (C=O) groups excluding carboxylic acids is 1. The van der Waals surface area contributed by atoms with E-state index in [0.29, 0.717) is 21.5 Å². The lowest BCUT2D eigenvalue weighted by Gasteiger charge is -2.33. The number of rotatable bonds is 10. The zero-order valence-electron chi connectivity index (χ0n) is 23.3. The highest BCUT2D eigenvalue weighted by molar-refractivity contribution is 7.89. The molecule has 44 heavy (non-hydrogen) atoms. The average Bonchev–Trinajstić information content (AvgIpc) is 3.34. The SMILES string of the molecule is CC(C)(C(=O)N(CC(=O)O)CC(=O)O)c1cc(-c2nc3ccc(C(=N)N)cc3[nH]2)c(O)c(-c2ccccc2O)c1S(N)(=O)=O. The zero-order chi connectivity index (χ0) is 32.7. The standard InChI is InChI=1S/C28H28N6O9S/c1-28(2,27(41)34(11-20(36)37)12-21(38)39)16-10-15(26-32-17-8-7-13(25(29)30)9-18(17)33-26)23(40)22(24(16)44(31,42)43)14-5-3-4-6-19(14)35/h3-10,35,40H,11-12H2,1-2H3,(H3,29,30)(H,32,33)(H,36,37)(H,38,39)(H2,31,42,43). The normalized spacial score (nSPS) is 11.8. The third-order valence-corrected chi connectivity index (χ3v) is 7.90. The van der Waals surface area contributed by atoms with Crippen LogP contribution in [0.25, 0.3) is 33.5 Å². The lowest BCUT2D eigenvalue weighted by atomic mass is 9.80. The van der Waals surface area contributed by atoms with Gasteiger partial charge in [0.2, 0.25) is 15.9 Å². The molecule has 0 aliphatic rings. The predicted octanol–water partition coefficient (Wildman–Crippen LogP) is 1.51. The van der Waals surface area contributed by atoms with Gasteiger partial charge in [-0.15, -0.1) is 0 Å². The number of hydrogen-bond donors (Lipinski definition) is 8. The van der Waals surface area contributed by atoms with E-state index in [1.54, 1.807) is 12.1 Å². The minimum absolute atomic E-state index is 0.0201. The van der Waals surface area contributed by atoms with Crippen molar-refractivity contribution in [1.82, 2.24) is 14.9 Å². The van der Waals surface area contributed by atoms with Gasteiger partial charge in [-0.05, 0) is 49.7 Å². The summed E-state index contributed by atoms with van der Waals surface area (Å²) in [6, 6.07) is 11.2. The maximum absolute atomic E-state index is 13.8. The molecular weight excluding hydrogens is 596 g/mol. The molecule has 230 valence electrons. The number of primary sulfonamides is 1. The van der Waals surface area contributed by atoms with Crippen LogP contribution in [-0.2, 0) is 29.8 Å². The van der Waals surface area contributed by atoms with Crippen LogP contribution < -0.4 is 10.9 Å². The Balaban J connectivity index is 2.13. The number of imidazole rings is 1. The third-order valence-electron chi connectivity index (χ3n) is 6.91. The van der Waals surface area contributed by atoms with E-state index in [2.05, 4.69) is 9.97 Å². The van der Waals surface area contributed by atoms with Crippen LogP contribution in [0.2, 0.25) is 0 Å². The van der Waals surface area contributed by atoms with Crippen molar-refractivity contribution in [3.8, 4) is 34.0 Å². The Kier molecular flexibility index (Phi) is 8.08. The van der Waals surface area contributed by atoms with Crippen LogP contribution in [0.15, 0.2) is 53.4 Å². The summed E-state index contributed by atoms with van der Waals surface area (Å²) in [6.07, 6.45) is 0. The molecule has 1 amide bonds. The predicted molar refractivity (Wildman–Crippen MR) is 158 cm³/mol. The molecule has 1 aromatic heterocycles. The number of aromatic nitrogens is 2. The molecule has 0 fully saturated rings. The number of carbonyl (C=O) groups is 3. The Morgan fingerprint density at radius 1 is 1.00 bits per heavy atom. The van der Waals surface area contributed by atoms with Gasteiger partial charge in [0, 0.05) is 16.7 Å². The van der Waals surface area contributed by atoms with Gasteiger partial charge >= 0.3 is 11.9 Å². The number of sulfonamides is 1. The maximum Gasteiger partial charge on any atom is 0.323 e. The van der Waals surface area contributed by atoms with Gasteiger partial charge in [0.05, 0.1) is 26.9 Å². The van der Waals surface area contributed by atoms with Gasteiger partial charge in [0.25, 0.3) is 0 Å². The highest BCUT2D eigenvalue weighted by atomic mass is 32.2. The summed E-state index contributed by atoms with van der Waals surface area (Å²) in [7, 11) is -4.82. The number of amidine groups is 1. The monoisotopic (exact) mass is 624 g/mol. The summed E-state index contributed by atoms with van der Waals surface area (Å²) < 4.78 is 26.4. The van der Waals surface area contributed by atoms with E-state index in [4.69, 9.17) is 16.3 Å².